The van der Waals surface area contributed by atoms with Crippen LogP contribution in [0, 0.1) is 35.5 Å². The van der Waals surface area contributed by atoms with Gasteiger partial charge >= 0.3 is 0 Å². The van der Waals surface area contributed by atoms with E-state index in [4.69, 9.17) is 0 Å². The van der Waals surface area contributed by atoms with Crippen LogP contribution in [0.4, 0.5) is 0 Å². The molecule has 0 aromatic rings. The average molecular weight is 1220 g/mol. The third-order valence-corrected chi connectivity index (χ3v) is 16.2. The monoisotopic (exact) mass is 1220 g/mol. The van der Waals surface area contributed by atoms with Crippen LogP contribution < -0.4 is 21.3 Å². The fraction of sp³-hybridized carbons (Fsp3) is 0.794. The smallest absolute Gasteiger partial charge is 0.246 e. The maximum atomic E-state index is 15.2. The van der Waals surface area contributed by atoms with Gasteiger partial charge in [-0.25, -0.2) is 0 Å². The summed E-state index contributed by atoms with van der Waals surface area (Å²) >= 11 is 0. The van der Waals surface area contributed by atoms with E-state index in [1.54, 1.807) is 40.7 Å². The Balaban J connectivity index is 4.35. The van der Waals surface area contributed by atoms with Crippen molar-refractivity contribution in [2.75, 3.05) is 55.9 Å². The van der Waals surface area contributed by atoms with Crippen LogP contribution in [0.5, 0.6) is 0 Å². The van der Waals surface area contributed by atoms with Gasteiger partial charge in [-0.2, -0.15) is 0 Å². The number of hydrogen-bond acceptors (Lipinski definition) is 12. The highest BCUT2D eigenvalue weighted by molar-refractivity contribution is 5.99. The lowest BCUT2D eigenvalue weighted by Gasteiger charge is -2.41. The number of amides is 11. The minimum atomic E-state index is -1.61. The highest BCUT2D eigenvalue weighted by Crippen LogP contribution is 2.26. The lowest BCUT2D eigenvalue weighted by molar-refractivity contribution is -0.157. The zero-order valence-corrected chi connectivity index (χ0v) is 56.6. The van der Waals surface area contributed by atoms with Gasteiger partial charge in [0.2, 0.25) is 65.0 Å². The van der Waals surface area contributed by atoms with E-state index in [0.29, 0.717) is 19.3 Å². The highest BCUT2D eigenvalue weighted by Gasteiger charge is 2.45. The van der Waals surface area contributed by atoms with Crippen molar-refractivity contribution in [2.24, 2.45) is 35.5 Å². The molecule has 1 heterocycles. The fourth-order valence-corrected chi connectivity index (χ4v) is 11.0. The minimum absolute atomic E-state index is 0.0945. The number of aliphatic hydroxyl groups excluding tert-OH is 1. The molecule has 0 saturated carbocycles. The number of nitrogens with one attached hydrogen (secondary N) is 4. The van der Waals surface area contributed by atoms with Gasteiger partial charge in [-0.05, 0) is 101 Å². The van der Waals surface area contributed by atoms with Crippen LogP contribution in [-0.4, -0.2) is 227 Å². The zero-order valence-electron chi connectivity index (χ0n) is 56.6. The van der Waals surface area contributed by atoms with Crippen LogP contribution in [0.3, 0.4) is 0 Å². The molecule has 492 valence electrons. The Kier molecular flexibility index (Phi) is 32.8. The van der Waals surface area contributed by atoms with Crippen molar-refractivity contribution in [3.8, 4) is 0 Å². The highest BCUT2D eigenvalue weighted by atomic mass is 16.3. The third kappa shape index (κ3) is 22.2. The lowest BCUT2D eigenvalue weighted by Crippen LogP contribution is -2.63. The number of carbonyl (C=O) groups excluding carboxylic acids is 11. The Morgan fingerprint density at radius 1 is 0.453 bits per heavy atom. The molecule has 0 radical (unpaired) electrons. The summed E-state index contributed by atoms with van der Waals surface area (Å²) in [5.74, 6) is -9.07. The molecule has 1 rings (SSSR count). The van der Waals surface area contributed by atoms with Crippen molar-refractivity contribution in [1.82, 2.24) is 55.6 Å². The molecule has 1 fully saturated rings. The number of hydrogen-bond donors (Lipinski definition) is 5. The third-order valence-electron chi connectivity index (χ3n) is 16.2. The molecule has 0 spiro atoms. The van der Waals surface area contributed by atoms with E-state index in [9.17, 15) is 48.3 Å². The van der Waals surface area contributed by atoms with E-state index < -0.39 is 150 Å². The predicted molar refractivity (Wildman–Crippen MR) is 333 cm³/mol. The van der Waals surface area contributed by atoms with Gasteiger partial charge in [0.25, 0.3) is 0 Å². The molecule has 1 aliphatic heterocycles. The van der Waals surface area contributed by atoms with Crippen LogP contribution in [0.1, 0.15) is 169 Å². The summed E-state index contributed by atoms with van der Waals surface area (Å²) in [6, 6.07) is -12.2. The predicted octanol–water partition coefficient (Wildman–Crippen LogP) is 3.80. The molecule has 5 N–H and O–H groups in total. The van der Waals surface area contributed by atoms with Crippen molar-refractivity contribution in [1.29, 1.82) is 0 Å². The zero-order chi connectivity index (χ0) is 66.5. The maximum absolute atomic E-state index is 15.2. The van der Waals surface area contributed by atoms with Crippen LogP contribution in [0.15, 0.2) is 12.2 Å². The lowest BCUT2D eigenvalue weighted by atomic mass is 9.91. The van der Waals surface area contributed by atoms with Crippen molar-refractivity contribution >= 4 is 65.0 Å². The van der Waals surface area contributed by atoms with Crippen LogP contribution in [-0.2, 0) is 52.7 Å². The largest absolute Gasteiger partial charge is 0.390 e. The Morgan fingerprint density at radius 3 is 1.29 bits per heavy atom. The van der Waals surface area contributed by atoms with Crippen molar-refractivity contribution < 1.29 is 57.8 Å². The van der Waals surface area contributed by atoms with Gasteiger partial charge in [0, 0.05) is 49.3 Å². The summed E-state index contributed by atoms with van der Waals surface area (Å²) in [6.45, 7) is 27.9. The fourth-order valence-electron chi connectivity index (χ4n) is 11.0. The van der Waals surface area contributed by atoms with Gasteiger partial charge < -0.3 is 60.7 Å². The van der Waals surface area contributed by atoms with Gasteiger partial charge in [-0.15, -0.1) is 0 Å². The Morgan fingerprint density at radius 2 is 0.837 bits per heavy atom. The van der Waals surface area contributed by atoms with Gasteiger partial charge in [0.05, 0.1) is 12.6 Å². The SMILES string of the molecule is C/C=C/C[C@@H](C)[C@@H](O)C1C(=O)NC(CCC)C(=O)N(C)CC(=O)N(C)[C@H](CC(C)C)C(=O)NC(CCC)C(=O)N(C)[C@H](CC(C)C)C(=O)NC(C)C(=O)N[C@H](C)C(=O)N(C)[C@@H](CC(C)C)C(=O)N(C)[C@@H](CC(C)C)C(=O)N(C)[C@@H](C(C)C)C(=O)N1C. The first-order chi connectivity index (χ1) is 39.8. The Bertz CT molecular complexity index is 2330. The number of rotatable bonds is 17. The first-order valence-electron chi connectivity index (χ1n) is 31.2. The first kappa shape index (κ1) is 77.9. The molecule has 12 atom stereocenters. The van der Waals surface area contributed by atoms with E-state index >= 15 is 9.59 Å². The second-order valence-electron chi connectivity index (χ2n) is 26.1. The molecule has 0 aliphatic carbocycles. The molecule has 4 unspecified atom stereocenters. The molecule has 23 nitrogen and oxygen atoms in total. The maximum Gasteiger partial charge on any atom is 0.246 e. The van der Waals surface area contributed by atoms with Crippen molar-refractivity contribution in [2.45, 2.75) is 235 Å². The molecule has 0 bridgehead atoms. The molecular weight excluding hydrogens is 1100 g/mol. The second-order valence-corrected chi connectivity index (χ2v) is 26.1. The number of carbonyl (C=O) groups is 11. The van der Waals surface area contributed by atoms with E-state index in [0.717, 1.165) is 9.80 Å². The average Bonchev–Trinajstić information content (AvgIpc) is 1.39. The molecule has 1 aliphatic rings. The van der Waals surface area contributed by atoms with Gasteiger partial charge in [0.1, 0.15) is 60.4 Å². The summed E-state index contributed by atoms with van der Waals surface area (Å²) in [4.78, 5) is 169. The molecule has 1 saturated heterocycles. The van der Waals surface area contributed by atoms with E-state index in [-0.39, 0.29) is 62.2 Å². The first-order valence-corrected chi connectivity index (χ1v) is 31.2. The summed E-state index contributed by atoms with van der Waals surface area (Å²) in [5, 5.41) is 23.2. The molecule has 0 aromatic carbocycles. The minimum Gasteiger partial charge on any atom is -0.390 e. The van der Waals surface area contributed by atoms with E-state index in [1.807, 2.05) is 68.4 Å². The Labute approximate surface area is 515 Å². The van der Waals surface area contributed by atoms with Crippen LogP contribution in [0.25, 0.3) is 0 Å². The van der Waals surface area contributed by atoms with Gasteiger partial charge in [0.15, 0.2) is 0 Å². The summed E-state index contributed by atoms with van der Waals surface area (Å²) < 4.78 is 0. The molecule has 23 heteroatoms. The Hall–Kier alpha value is -6.13. The summed E-state index contributed by atoms with van der Waals surface area (Å²) in [5.41, 5.74) is 0. The number of allylic oxidation sites excluding steroid dienone is 2. The molecular formula is C63H113N11O12. The molecule has 0 aromatic heterocycles. The van der Waals surface area contributed by atoms with Crippen molar-refractivity contribution in [3.63, 3.8) is 0 Å². The van der Waals surface area contributed by atoms with Crippen LogP contribution >= 0.6 is 0 Å². The summed E-state index contributed by atoms with van der Waals surface area (Å²) in [7, 11) is 9.97. The second kappa shape index (κ2) is 36.2. The standard InChI is InChI=1S/C63H113N11O12/c1-24-27-30-41(14)53(76)52-57(80)67-44(28-25-2)59(82)68(17)35-50(75)69(18)46(31-36(4)5)56(79)66-45(29-26-3)60(83)70(19)47(32-37(6)7)55(78)64-42(15)54(77)65-43(16)58(81)71(20)48(33-38(8)9)61(84)72(21)49(34-39(10)11)62(85)73(22)51(40(12)13)63(86)74(52)23/h24,27,36-49,51-53,76H,25-26,28-35H2,1-23H3,(H,64,78)(H,65,77)(H,66,79)(H,67,80)/b27-24+/t41-,42?,43-,44?,45?,46-,47-,48+,49+,51+,52?,53-/m1/s1. The van der Waals surface area contributed by atoms with Gasteiger partial charge in [-0.1, -0.05) is 115 Å². The van der Waals surface area contributed by atoms with Crippen molar-refractivity contribution in [3.05, 3.63) is 12.2 Å². The number of aliphatic hydroxyl groups is 1. The van der Waals surface area contributed by atoms with E-state index in [1.165, 1.54) is 87.7 Å². The van der Waals surface area contributed by atoms with Crippen LogP contribution in [0.2, 0.25) is 0 Å². The van der Waals surface area contributed by atoms with Gasteiger partial charge in [-0.3, -0.25) is 52.7 Å². The molecule has 11 amide bonds. The normalized spacial score (nSPS) is 26.7. The summed E-state index contributed by atoms with van der Waals surface area (Å²) in [6.07, 6.45) is 4.15. The number of nitrogens with zero attached hydrogens (tertiary/aromatic N) is 7. The quantitative estimate of drug-likeness (QED) is 0.130. The van der Waals surface area contributed by atoms with E-state index in [2.05, 4.69) is 21.3 Å². The number of likely N-dealkylation sites (N-methyl/N-ethyl adjacent to an activating group) is 7. The molecule has 86 heavy (non-hydrogen) atoms. The topological polar surface area (TPSA) is 279 Å².